The summed E-state index contributed by atoms with van der Waals surface area (Å²) < 4.78 is 0. The minimum Gasteiger partial charge on any atom is -0.0651 e. The van der Waals surface area contributed by atoms with Crippen molar-refractivity contribution in [3.05, 3.63) is 5.92 Å². The van der Waals surface area contributed by atoms with Gasteiger partial charge in [-0.2, -0.15) is 0 Å². The maximum Gasteiger partial charge on any atom is -0.0131 e. The molecule has 0 heterocycles. The van der Waals surface area contributed by atoms with E-state index in [-0.39, 0.29) is 0 Å². The molecule has 1 radical (unpaired) electrons. The summed E-state index contributed by atoms with van der Waals surface area (Å²) in [6.45, 7) is 16.4. The second-order valence-electron chi connectivity index (χ2n) is 5.32. The van der Waals surface area contributed by atoms with Gasteiger partial charge in [-0.05, 0) is 23.2 Å². The van der Waals surface area contributed by atoms with E-state index in [1.54, 1.807) is 5.92 Å². The molecule has 0 aliphatic rings. The lowest BCUT2D eigenvalue weighted by atomic mass is 9.66. The molecule has 13 heavy (non-hydrogen) atoms. The number of hydrogen-bond donors (Lipinski definition) is 0. The molecular weight excluding hydrogens is 156 g/mol. The summed E-state index contributed by atoms with van der Waals surface area (Å²) in [4.78, 5) is 0. The van der Waals surface area contributed by atoms with Gasteiger partial charge < -0.3 is 0 Å². The first-order valence-corrected chi connectivity index (χ1v) is 5.71. The highest BCUT2D eigenvalue weighted by atomic mass is 14.4. The highest BCUT2D eigenvalue weighted by molar-refractivity contribution is 5.06. The number of rotatable bonds is 4. The molecular formula is C13H27. The number of hydrogen-bond acceptors (Lipinski definition) is 0. The van der Waals surface area contributed by atoms with E-state index < -0.39 is 0 Å². The Hall–Kier alpha value is 0. The van der Waals surface area contributed by atoms with Gasteiger partial charge in [-0.15, -0.1) is 0 Å². The van der Waals surface area contributed by atoms with Gasteiger partial charge in [0.1, 0.15) is 0 Å². The molecule has 79 valence electrons. The SMILES string of the molecule is CCC(C)[C](C(C)CC)C(C)(C)C. The summed E-state index contributed by atoms with van der Waals surface area (Å²) in [5.41, 5.74) is 0.380. The van der Waals surface area contributed by atoms with Crippen molar-refractivity contribution >= 4 is 0 Å². The lowest BCUT2D eigenvalue weighted by molar-refractivity contribution is 0.275. The largest absolute Gasteiger partial charge is 0.0651 e. The zero-order chi connectivity index (χ0) is 10.6. The van der Waals surface area contributed by atoms with Gasteiger partial charge in [0.15, 0.2) is 0 Å². The molecule has 0 amide bonds. The third-order valence-electron chi connectivity index (χ3n) is 3.15. The summed E-state index contributed by atoms with van der Waals surface area (Å²) in [5, 5.41) is 0. The zero-order valence-corrected chi connectivity index (χ0v) is 10.6. The third-order valence-corrected chi connectivity index (χ3v) is 3.15. The van der Waals surface area contributed by atoms with Crippen molar-refractivity contribution < 1.29 is 0 Å². The average molecular weight is 183 g/mol. The van der Waals surface area contributed by atoms with Gasteiger partial charge in [0.2, 0.25) is 0 Å². The predicted molar refractivity (Wildman–Crippen MR) is 61.6 cm³/mol. The van der Waals surface area contributed by atoms with Crippen LogP contribution in [0.25, 0.3) is 0 Å². The van der Waals surface area contributed by atoms with E-state index in [4.69, 9.17) is 0 Å². The van der Waals surface area contributed by atoms with Gasteiger partial charge in [0.05, 0.1) is 0 Å². The fourth-order valence-corrected chi connectivity index (χ4v) is 2.40. The molecule has 2 unspecified atom stereocenters. The molecule has 0 saturated heterocycles. The minimum atomic E-state index is 0.380. The normalized spacial score (nSPS) is 17.5. The van der Waals surface area contributed by atoms with E-state index in [1.165, 1.54) is 12.8 Å². The van der Waals surface area contributed by atoms with Crippen LogP contribution in [0.3, 0.4) is 0 Å². The minimum absolute atomic E-state index is 0.380. The standard InChI is InChI=1S/C13H27/c1-8-10(3)12(11(4)9-2)13(5,6)7/h10-11H,8-9H2,1-7H3. The molecule has 0 nitrogen and oxygen atoms in total. The summed E-state index contributed by atoms with van der Waals surface area (Å²) in [7, 11) is 0. The quantitative estimate of drug-likeness (QED) is 0.592. The fourth-order valence-electron chi connectivity index (χ4n) is 2.40. The van der Waals surface area contributed by atoms with Gasteiger partial charge in [-0.1, -0.05) is 61.3 Å². The zero-order valence-electron chi connectivity index (χ0n) is 10.6. The summed E-state index contributed by atoms with van der Waals surface area (Å²) in [6.07, 6.45) is 2.55. The Morgan fingerprint density at radius 3 is 1.38 bits per heavy atom. The van der Waals surface area contributed by atoms with Crippen LogP contribution >= 0.6 is 0 Å². The lowest BCUT2D eigenvalue weighted by Crippen LogP contribution is -2.29. The maximum absolute atomic E-state index is 2.37. The highest BCUT2D eigenvalue weighted by Crippen LogP contribution is 2.42. The van der Waals surface area contributed by atoms with Crippen molar-refractivity contribution in [2.45, 2.75) is 61.3 Å². The summed E-state index contributed by atoms with van der Waals surface area (Å²) in [5.74, 6) is 3.29. The van der Waals surface area contributed by atoms with Crippen molar-refractivity contribution in [3.63, 3.8) is 0 Å². The highest BCUT2D eigenvalue weighted by Gasteiger charge is 2.32. The van der Waals surface area contributed by atoms with E-state index in [2.05, 4.69) is 48.5 Å². The molecule has 2 atom stereocenters. The topological polar surface area (TPSA) is 0 Å². The Morgan fingerprint density at radius 1 is 0.923 bits per heavy atom. The van der Waals surface area contributed by atoms with Crippen LogP contribution in [-0.4, -0.2) is 0 Å². The molecule has 0 aliphatic carbocycles. The van der Waals surface area contributed by atoms with Crippen LogP contribution in [0.1, 0.15) is 61.3 Å². The van der Waals surface area contributed by atoms with E-state index in [0.29, 0.717) is 5.41 Å². The van der Waals surface area contributed by atoms with Crippen LogP contribution in [-0.2, 0) is 0 Å². The van der Waals surface area contributed by atoms with Gasteiger partial charge in [0, 0.05) is 0 Å². The molecule has 0 aliphatic heterocycles. The summed E-state index contributed by atoms with van der Waals surface area (Å²) in [6, 6.07) is 0. The Morgan fingerprint density at radius 2 is 1.23 bits per heavy atom. The van der Waals surface area contributed by atoms with Crippen molar-refractivity contribution in [1.29, 1.82) is 0 Å². The molecule has 0 fully saturated rings. The monoisotopic (exact) mass is 183 g/mol. The Labute approximate surface area is 85.1 Å². The molecule has 0 aromatic carbocycles. The Kier molecular flexibility index (Phi) is 5.02. The van der Waals surface area contributed by atoms with Crippen molar-refractivity contribution in [2.24, 2.45) is 17.3 Å². The summed E-state index contributed by atoms with van der Waals surface area (Å²) >= 11 is 0. The molecule has 0 rings (SSSR count). The molecule has 0 aromatic heterocycles. The molecule has 0 aromatic rings. The van der Waals surface area contributed by atoms with Gasteiger partial charge >= 0.3 is 0 Å². The van der Waals surface area contributed by atoms with E-state index >= 15 is 0 Å². The second-order valence-corrected chi connectivity index (χ2v) is 5.32. The molecule has 0 heteroatoms. The first-order chi connectivity index (χ1) is 5.84. The lowest BCUT2D eigenvalue weighted by Gasteiger charge is -2.39. The van der Waals surface area contributed by atoms with Crippen LogP contribution in [0.15, 0.2) is 0 Å². The maximum atomic E-state index is 2.37. The Balaban J connectivity index is 4.55. The van der Waals surface area contributed by atoms with Crippen LogP contribution in [0, 0.1) is 23.2 Å². The van der Waals surface area contributed by atoms with Crippen molar-refractivity contribution in [3.8, 4) is 0 Å². The van der Waals surface area contributed by atoms with E-state index in [9.17, 15) is 0 Å². The first-order valence-electron chi connectivity index (χ1n) is 5.71. The van der Waals surface area contributed by atoms with Crippen LogP contribution in [0.2, 0.25) is 0 Å². The first kappa shape index (κ1) is 13.0. The molecule has 0 bridgehead atoms. The molecule has 0 N–H and O–H groups in total. The van der Waals surface area contributed by atoms with E-state index in [1.807, 2.05) is 0 Å². The van der Waals surface area contributed by atoms with Crippen molar-refractivity contribution in [2.75, 3.05) is 0 Å². The smallest absolute Gasteiger partial charge is 0.0131 e. The fraction of sp³-hybridized carbons (Fsp3) is 0.923. The van der Waals surface area contributed by atoms with Gasteiger partial charge in [0.25, 0.3) is 0 Å². The third kappa shape index (κ3) is 3.70. The molecule has 0 saturated carbocycles. The van der Waals surface area contributed by atoms with Crippen LogP contribution in [0.4, 0.5) is 0 Å². The average Bonchev–Trinajstić information content (AvgIpc) is 2.01. The van der Waals surface area contributed by atoms with Gasteiger partial charge in [-0.25, -0.2) is 0 Å². The van der Waals surface area contributed by atoms with Crippen molar-refractivity contribution in [1.82, 2.24) is 0 Å². The van der Waals surface area contributed by atoms with Crippen LogP contribution < -0.4 is 0 Å². The Bertz CT molecular complexity index is 119. The molecule has 0 spiro atoms. The van der Waals surface area contributed by atoms with Crippen LogP contribution in [0.5, 0.6) is 0 Å². The van der Waals surface area contributed by atoms with Gasteiger partial charge in [-0.3, -0.25) is 0 Å². The van der Waals surface area contributed by atoms with E-state index in [0.717, 1.165) is 11.8 Å². The second kappa shape index (κ2) is 5.02. The predicted octanol–water partition coefficient (Wildman–Crippen LogP) is 4.70.